The fraction of sp³-hybridized carbons (Fsp3) is 0.429. The highest BCUT2D eigenvalue weighted by Gasteiger charge is 2.40. The normalized spacial score (nSPS) is 11.9. The zero-order chi connectivity index (χ0) is 12.3. The van der Waals surface area contributed by atoms with Gasteiger partial charge in [0.15, 0.2) is 11.6 Å². The third kappa shape index (κ3) is 3.16. The predicted octanol–water partition coefficient (Wildman–Crippen LogP) is 2.58. The van der Waals surface area contributed by atoms with Crippen molar-refractivity contribution in [1.82, 2.24) is 9.97 Å². The van der Waals surface area contributed by atoms with E-state index >= 15 is 0 Å². The van der Waals surface area contributed by atoms with Gasteiger partial charge in [-0.3, -0.25) is 0 Å². The number of halogens is 6. The van der Waals surface area contributed by atoms with Crippen LogP contribution in [0.3, 0.4) is 0 Å². The maximum Gasteiger partial charge on any atom is 0.324 e. The van der Waals surface area contributed by atoms with Crippen LogP contribution in [0, 0.1) is 5.82 Å². The highest BCUT2D eigenvalue weighted by Crippen LogP contribution is 2.23. The van der Waals surface area contributed by atoms with E-state index in [1.54, 1.807) is 5.32 Å². The maximum absolute atomic E-state index is 12.9. The third-order valence-corrected chi connectivity index (χ3v) is 1.71. The van der Waals surface area contributed by atoms with Crippen LogP contribution < -0.4 is 5.32 Å². The Kier molecular flexibility index (Phi) is 3.84. The lowest BCUT2D eigenvalue weighted by molar-refractivity contribution is -0.117. The molecule has 0 aliphatic rings. The van der Waals surface area contributed by atoms with E-state index in [1.807, 2.05) is 0 Å². The SMILES string of the molecule is Fc1cnc(Cl)nc1NCC(F)(F)C(F)F. The first-order valence-corrected chi connectivity index (χ1v) is 4.28. The molecular formula is C7H5ClF5N3. The molecule has 0 radical (unpaired) electrons. The lowest BCUT2D eigenvalue weighted by atomic mass is 10.3. The molecule has 1 rings (SSSR count). The summed E-state index contributed by atoms with van der Waals surface area (Å²) in [5.74, 6) is -5.99. The van der Waals surface area contributed by atoms with Gasteiger partial charge in [-0.2, -0.15) is 13.8 Å². The maximum atomic E-state index is 12.9. The van der Waals surface area contributed by atoms with Crippen LogP contribution in [0.2, 0.25) is 5.28 Å². The van der Waals surface area contributed by atoms with Crippen molar-refractivity contribution in [3.05, 3.63) is 17.3 Å². The van der Waals surface area contributed by atoms with Crippen molar-refractivity contribution in [2.45, 2.75) is 12.3 Å². The van der Waals surface area contributed by atoms with Gasteiger partial charge in [-0.05, 0) is 11.6 Å². The van der Waals surface area contributed by atoms with Crippen LogP contribution in [0.15, 0.2) is 6.20 Å². The molecule has 9 heteroatoms. The van der Waals surface area contributed by atoms with Gasteiger partial charge in [0, 0.05) is 0 Å². The topological polar surface area (TPSA) is 37.8 Å². The highest BCUT2D eigenvalue weighted by molar-refractivity contribution is 6.28. The van der Waals surface area contributed by atoms with Crippen LogP contribution in [0.4, 0.5) is 27.8 Å². The molecule has 0 aromatic carbocycles. The number of nitrogens with one attached hydrogen (secondary N) is 1. The van der Waals surface area contributed by atoms with Gasteiger partial charge in [-0.15, -0.1) is 0 Å². The van der Waals surface area contributed by atoms with Gasteiger partial charge in [0.05, 0.1) is 12.7 Å². The molecule has 3 nitrogen and oxygen atoms in total. The van der Waals surface area contributed by atoms with Crippen molar-refractivity contribution < 1.29 is 22.0 Å². The molecule has 0 unspecified atom stereocenters. The van der Waals surface area contributed by atoms with E-state index in [2.05, 4.69) is 9.97 Å². The van der Waals surface area contributed by atoms with Crippen LogP contribution >= 0.6 is 11.6 Å². The van der Waals surface area contributed by atoms with E-state index in [-0.39, 0.29) is 5.28 Å². The van der Waals surface area contributed by atoms with Gasteiger partial charge in [0.2, 0.25) is 5.28 Å². The minimum atomic E-state index is -4.27. The summed E-state index contributed by atoms with van der Waals surface area (Å²) in [5.41, 5.74) is 0. The summed E-state index contributed by atoms with van der Waals surface area (Å²) in [5, 5.41) is 1.35. The Balaban J connectivity index is 2.71. The molecule has 1 aromatic heterocycles. The Hall–Kier alpha value is -1.18. The average Bonchev–Trinajstić information content (AvgIpc) is 2.19. The highest BCUT2D eigenvalue weighted by atomic mass is 35.5. The first-order valence-electron chi connectivity index (χ1n) is 3.91. The Morgan fingerprint density at radius 2 is 2.06 bits per heavy atom. The van der Waals surface area contributed by atoms with Crippen LogP contribution in [0.1, 0.15) is 0 Å². The second-order valence-corrected chi connectivity index (χ2v) is 3.09. The lowest BCUT2D eigenvalue weighted by Crippen LogP contribution is -2.35. The van der Waals surface area contributed by atoms with E-state index < -0.39 is 30.5 Å². The van der Waals surface area contributed by atoms with Crippen LogP contribution in [0.5, 0.6) is 0 Å². The van der Waals surface area contributed by atoms with Gasteiger partial charge in [0.25, 0.3) is 0 Å². The fourth-order valence-corrected chi connectivity index (χ4v) is 0.882. The number of anilines is 1. The Morgan fingerprint density at radius 1 is 1.44 bits per heavy atom. The molecule has 1 heterocycles. The van der Waals surface area contributed by atoms with Gasteiger partial charge in [-0.25, -0.2) is 18.2 Å². The molecule has 0 spiro atoms. The summed E-state index contributed by atoms with van der Waals surface area (Å²) in [7, 11) is 0. The van der Waals surface area contributed by atoms with E-state index in [0.29, 0.717) is 6.20 Å². The minimum absolute atomic E-state index is 0.385. The second-order valence-electron chi connectivity index (χ2n) is 2.75. The van der Waals surface area contributed by atoms with Gasteiger partial charge >= 0.3 is 12.3 Å². The number of hydrogen-bond acceptors (Lipinski definition) is 3. The van der Waals surface area contributed by atoms with E-state index in [1.165, 1.54) is 0 Å². The molecule has 0 amide bonds. The molecule has 0 saturated carbocycles. The molecule has 0 bridgehead atoms. The molecule has 0 atom stereocenters. The summed E-state index contributed by atoms with van der Waals surface area (Å²) in [6, 6.07) is 0. The quantitative estimate of drug-likeness (QED) is 0.669. The van der Waals surface area contributed by atoms with Crippen molar-refractivity contribution >= 4 is 17.4 Å². The van der Waals surface area contributed by atoms with Crippen molar-refractivity contribution in [3.8, 4) is 0 Å². The number of hydrogen-bond donors (Lipinski definition) is 1. The first kappa shape index (κ1) is 12.9. The molecule has 90 valence electrons. The van der Waals surface area contributed by atoms with Crippen molar-refractivity contribution in [3.63, 3.8) is 0 Å². The Morgan fingerprint density at radius 3 is 2.62 bits per heavy atom. The fourth-order valence-electron chi connectivity index (χ4n) is 0.748. The number of rotatable bonds is 4. The van der Waals surface area contributed by atoms with Gasteiger partial charge < -0.3 is 5.32 Å². The summed E-state index contributed by atoms with van der Waals surface area (Å²) < 4.78 is 61.3. The van der Waals surface area contributed by atoms with E-state index in [9.17, 15) is 22.0 Å². The standard InChI is InChI=1S/C7H5ClF5N3/c8-6-14-1-3(9)4(16-6)15-2-7(12,13)5(10)11/h1,5H,2H2,(H,14,15,16). The molecule has 16 heavy (non-hydrogen) atoms. The van der Waals surface area contributed by atoms with Gasteiger partial charge in [0.1, 0.15) is 0 Å². The number of aromatic nitrogens is 2. The second kappa shape index (κ2) is 4.77. The average molecular weight is 262 g/mol. The summed E-state index contributed by atoms with van der Waals surface area (Å²) in [6.07, 6.45) is -3.21. The van der Waals surface area contributed by atoms with Crippen LogP contribution in [-0.2, 0) is 0 Å². The molecule has 1 aromatic rings. The summed E-state index contributed by atoms with van der Waals surface area (Å²) in [6.45, 7) is -1.45. The molecule has 1 N–H and O–H groups in total. The van der Waals surface area contributed by atoms with Gasteiger partial charge in [-0.1, -0.05) is 0 Å². The Labute approximate surface area is 91.6 Å². The molecular weight excluding hydrogens is 257 g/mol. The number of nitrogens with zero attached hydrogens (tertiary/aromatic N) is 2. The summed E-state index contributed by atoms with van der Waals surface area (Å²) in [4.78, 5) is 6.45. The molecule has 0 fully saturated rings. The molecule has 0 aliphatic heterocycles. The lowest BCUT2D eigenvalue weighted by Gasteiger charge is -2.16. The van der Waals surface area contributed by atoms with E-state index in [0.717, 1.165) is 0 Å². The van der Waals surface area contributed by atoms with Crippen LogP contribution in [-0.4, -0.2) is 28.9 Å². The van der Waals surface area contributed by atoms with Crippen LogP contribution in [0.25, 0.3) is 0 Å². The largest absolute Gasteiger partial charge is 0.361 e. The minimum Gasteiger partial charge on any atom is -0.361 e. The molecule has 0 saturated heterocycles. The zero-order valence-corrected chi connectivity index (χ0v) is 8.28. The monoisotopic (exact) mass is 261 g/mol. The third-order valence-electron chi connectivity index (χ3n) is 1.53. The first-order chi connectivity index (χ1) is 7.33. The van der Waals surface area contributed by atoms with E-state index in [4.69, 9.17) is 11.6 Å². The summed E-state index contributed by atoms with van der Waals surface area (Å²) >= 11 is 5.26. The Bertz CT molecular complexity index is 373. The predicted molar refractivity (Wildman–Crippen MR) is 46.4 cm³/mol. The molecule has 0 aliphatic carbocycles. The number of alkyl halides is 4. The zero-order valence-electron chi connectivity index (χ0n) is 7.52. The van der Waals surface area contributed by atoms with Crippen molar-refractivity contribution in [1.29, 1.82) is 0 Å². The smallest absolute Gasteiger partial charge is 0.324 e. The van der Waals surface area contributed by atoms with Crippen molar-refractivity contribution in [2.24, 2.45) is 0 Å². The van der Waals surface area contributed by atoms with Crippen molar-refractivity contribution in [2.75, 3.05) is 11.9 Å².